The minimum absolute atomic E-state index is 0.0968. The van der Waals surface area contributed by atoms with Crippen LogP contribution in [0.1, 0.15) is 36.4 Å². The molecule has 8 heteroatoms. The van der Waals surface area contributed by atoms with Crippen molar-refractivity contribution in [3.63, 3.8) is 0 Å². The lowest BCUT2D eigenvalue weighted by molar-refractivity contribution is -0.134. The van der Waals surface area contributed by atoms with E-state index in [1.165, 1.54) is 0 Å². The largest absolute Gasteiger partial charge is 0.496 e. The van der Waals surface area contributed by atoms with Crippen molar-refractivity contribution in [3.8, 4) is 5.75 Å². The van der Waals surface area contributed by atoms with E-state index in [1.54, 1.807) is 12.1 Å². The number of carbonyl (C=O) groups excluding carboxylic acids is 2. The summed E-state index contributed by atoms with van der Waals surface area (Å²) in [7, 11) is 1.62. The predicted molar refractivity (Wildman–Crippen MR) is 124 cm³/mol. The molecule has 1 fully saturated rings. The fourth-order valence-corrected chi connectivity index (χ4v) is 4.67. The van der Waals surface area contributed by atoms with Crippen LogP contribution in [0.3, 0.4) is 0 Å². The molecule has 0 aliphatic carbocycles. The quantitative estimate of drug-likeness (QED) is 0.725. The number of para-hydroxylation sites is 1. The summed E-state index contributed by atoms with van der Waals surface area (Å²) in [5, 5.41) is 6.89. The molecule has 0 spiro atoms. The number of ether oxygens (including phenoxy) is 1. The first kappa shape index (κ1) is 22.3. The number of primary amides is 1. The van der Waals surface area contributed by atoms with Gasteiger partial charge in [0, 0.05) is 28.5 Å². The van der Waals surface area contributed by atoms with Gasteiger partial charge in [-0.15, -0.1) is 0 Å². The summed E-state index contributed by atoms with van der Waals surface area (Å²) < 4.78 is 5.57. The lowest BCUT2D eigenvalue weighted by Gasteiger charge is -2.31. The van der Waals surface area contributed by atoms with Gasteiger partial charge >= 0.3 is 0 Å². The van der Waals surface area contributed by atoms with Crippen LogP contribution in [-0.2, 0) is 9.59 Å². The van der Waals surface area contributed by atoms with Gasteiger partial charge in [0.2, 0.25) is 5.91 Å². The highest BCUT2D eigenvalue weighted by atomic mass is 35.5. The highest BCUT2D eigenvalue weighted by Crippen LogP contribution is 2.38. The number of methoxy groups -OCH3 is 1. The first-order valence-corrected chi connectivity index (χ1v) is 11.1. The Morgan fingerprint density at radius 3 is 2.50 bits per heavy atom. The Bertz CT molecular complexity index is 1030. The summed E-state index contributed by atoms with van der Waals surface area (Å²) in [6.45, 7) is 1.55. The molecule has 2 aromatic rings. The lowest BCUT2D eigenvalue weighted by Crippen LogP contribution is -2.44. The second kappa shape index (κ2) is 9.71. The zero-order chi connectivity index (χ0) is 22.7. The summed E-state index contributed by atoms with van der Waals surface area (Å²) >= 11 is 6.42. The molecule has 2 heterocycles. The Balaban J connectivity index is 1.59. The van der Waals surface area contributed by atoms with Crippen molar-refractivity contribution in [2.24, 2.45) is 16.8 Å². The summed E-state index contributed by atoms with van der Waals surface area (Å²) in [5.41, 5.74) is 7.93. The highest BCUT2D eigenvalue weighted by Gasteiger charge is 2.36. The number of halogens is 1. The Morgan fingerprint density at radius 2 is 1.81 bits per heavy atom. The number of hydrogen-bond acceptors (Lipinski definition) is 5. The van der Waals surface area contributed by atoms with E-state index >= 15 is 0 Å². The fraction of sp³-hybridized carbons (Fsp3) is 0.375. The highest BCUT2D eigenvalue weighted by molar-refractivity contribution is 6.34. The minimum Gasteiger partial charge on any atom is -0.496 e. The van der Waals surface area contributed by atoms with Crippen molar-refractivity contribution in [1.82, 2.24) is 9.91 Å². The van der Waals surface area contributed by atoms with Gasteiger partial charge in [-0.1, -0.05) is 48.0 Å². The zero-order valence-electron chi connectivity index (χ0n) is 18.0. The van der Waals surface area contributed by atoms with Crippen molar-refractivity contribution in [1.29, 1.82) is 0 Å². The van der Waals surface area contributed by atoms with Gasteiger partial charge < -0.3 is 10.5 Å². The second-order valence-corrected chi connectivity index (χ2v) is 8.59. The maximum atomic E-state index is 13.4. The van der Waals surface area contributed by atoms with Crippen molar-refractivity contribution in [2.75, 3.05) is 26.7 Å². The Kier molecular flexibility index (Phi) is 6.77. The first-order valence-electron chi connectivity index (χ1n) is 10.8. The van der Waals surface area contributed by atoms with E-state index in [4.69, 9.17) is 27.2 Å². The standard InChI is InChI=1S/C24H27ClN4O3/c1-32-22-9-5-3-7-18(22)21-14-20(17-6-2-4-8-19(17)25)27-29(21)23(30)15-28-12-10-16(11-13-28)24(26)31/h2-9,16,21H,10-15H2,1H3,(H2,26,31)/t21-/m0/s1. The first-order chi connectivity index (χ1) is 15.5. The molecule has 0 radical (unpaired) electrons. The van der Waals surface area contributed by atoms with Gasteiger partial charge in [-0.05, 0) is 38.1 Å². The van der Waals surface area contributed by atoms with Crippen LogP contribution >= 0.6 is 11.6 Å². The molecular weight excluding hydrogens is 428 g/mol. The minimum atomic E-state index is -0.284. The van der Waals surface area contributed by atoms with Gasteiger partial charge in [0.15, 0.2) is 0 Å². The monoisotopic (exact) mass is 454 g/mol. The number of nitrogens with two attached hydrogens (primary N) is 1. The number of piperidine rings is 1. The van der Waals surface area contributed by atoms with Gasteiger partial charge in [-0.25, -0.2) is 5.01 Å². The number of carbonyl (C=O) groups is 2. The van der Waals surface area contributed by atoms with Crippen molar-refractivity contribution in [2.45, 2.75) is 25.3 Å². The molecule has 2 aliphatic rings. The van der Waals surface area contributed by atoms with Crippen LogP contribution in [0.15, 0.2) is 53.6 Å². The van der Waals surface area contributed by atoms with Crippen LogP contribution in [0.2, 0.25) is 5.02 Å². The van der Waals surface area contributed by atoms with Crippen molar-refractivity contribution < 1.29 is 14.3 Å². The summed E-state index contributed by atoms with van der Waals surface area (Å²) in [6.07, 6.45) is 1.89. The van der Waals surface area contributed by atoms with Gasteiger partial charge in [0.25, 0.3) is 5.91 Å². The maximum absolute atomic E-state index is 13.4. The molecule has 0 saturated carbocycles. The van der Waals surface area contributed by atoms with Crippen LogP contribution in [0.5, 0.6) is 5.75 Å². The SMILES string of the molecule is COc1ccccc1[C@@H]1CC(c2ccccc2Cl)=NN1C(=O)CN1CCC(C(N)=O)CC1. The van der Waals surface area contributed by atoms with Crippen molar-refractivity contribution >= 4 is 29.1 Å². The third-order valence-corrected chi connectivity index (χ3v) is 6.53. The van der Waals surface area contributed by atoms with E-state index in [1.807, 2.05) is 48.5 Å². The normalized spacial score (nSPS) is 19.6. The third-order valence-electron chi connectivity index (χ3n) is 6.20. The van der Waals surface area contributed by atoms with Gasteiger partial charge in [0.1, 0.15) is 5.75 Å². The number of hydrogen-bond donors (Lipinski definition) is 1. The number of benzene rings is 2. The van der Waals surface area contributed by atoms with Crippen LogP contribution in [0.25, 0.3) is 0 Å². The van der Waals surface area contributed by atoms with E-state index in [-0.39, 0.29) is 30.3 Å². The molecule has 0 unspecified atom stereocenters. The third kappa shape index (κ3) is 4.64. The Morgan fingerprint density at radius 1 is 1.12 bits per heavy atom. The molecule has 2 aromatic carbocycles. The summed E-state index contributed by atoms with van der Waals surface area (Å²) in [5.74, 6) is 0.244. The molecule has 4 rings (SSSR count). The Hall–Kier alpha value is -2.90. The van der Waals surface area contributed by atoms with E-state index in [0.29, 0.717) is 43.1 Å². The topological polar surface area (TPSA) is 88.2 Å². The average molecular weight is 455 g/mol. The van der Waals surface area contributed by atoms with E-state index in [9.17, 15) is 9.59 Å². The molecule has 32 heavy (non-hydrogen) atoms. The number of rotatable bonds is 6. The Labute approximate surface area is 192 Å². The van der Waals surface area contributed by atoms with Gasteiger partial charge in [-0.3, -0.25) is 14.5 Å². The van der Waals surface area contributed by atoms with Crippen molar-refractivity contribution in [3.05, 3.63) is 64.7 Å². The molecule has 2 amide bonds. The predicted octanol–water partition coefficient (Wildman–Crippen LogP) is 3.22. The zero-order valence-corrected chi connectivity index (χ0v) is 18.8. The molecule has 0 bridgehead atoms. The number of amides is 2. The second-order valence-electron chi connectivity index (χ2n) is 8.18. The van der Waals surface area contributed by atoms with E-state index < -0.39 is 0 Å². The molecule has 7 nitrogen and oxygen atoms in total. The average Bonchev–Trinajstić information content (AvgIpc) is 3.25. The number of nitrogens with zero attached hydrogens (tertiary/aromatic N) is 3. The molecule has 1 saturated heterocycles. The van der Waals surface area contributed by atoms with E-state index in [2.05, 4.69) is 4.90 Å². The smallest absolute Gasteiger partial charge is 0.257 e. The maximum Gasteiger partial charge on any atom is 0.257 e. The van der Waals surface area contributed by atoms with Crippen LogP contribution < -0.4 is 10.5 Å². The fourth-order valence-electron chi connectivity index (χ4n) is 4.42. The lowest BCUT2D eigenvalue weighted by atomic mass is 9.96. The van der Waals surface area contributed by atoms with Crippen LogP contribution in [0, 0.1) is 5.92 Å². The summed E-state index contributed by atoms with van der Waals surface area (Å²) in [4.78, 5) is 26.9. The number of hydrazone groups is 1. The van der Waals surface area contributed by atoms with Gasteiger partial charge in [0.05, 0.1) is 25.4 Å². The molecular formula is C24H27ClN4O3. The van der Waals surface area contributed by atoms with Crippen LogP contribution in [-0.4, -0.2) is 54.2 Å². The molecule has 0 aromatic heterocycles. The molecule has 168 valence electrons. The molecule has 2 aliphatic heterocycles. The molecule has 1 atom stereocenters. The summed E-state index contributed by atoms with van der Waals surface area (Å²) in [6, 6.07) is 14.9. The van der Waals surface area contributed by atoms with Gasteiger partial charge in [-0.2, -0.15) is 5.10 Å². The molecule has 2 N–H and O–H groups in total. The van der Waals surface area contributed by atoms with E-state index in [0.717, 1.165) is 16.8 Å². The van der Waals surface area contributed by atoms with Crippen LogP contribution in [0.4, 0.5) is 0 Å². The number of likely N-dealkylation sites (tertiary alicyclic amines) is 1.